The van der Waals surface area contributed by atoms with Crippen LogP contribution in [0.3, 0.4) is 0 Å². The molecule has 2 unspecified atom stereocenters. The number of rotatable bonds is 4. The van der Waals surface area contributed by atoms with Crippen LogP contribution in [0.2, 0.25) is 10.6 Å². The second kappa shape index (κ2) is 9.49. The van der Waals surface area contributed by atoms with Gasteiger partial charge in [-0.2, -0.15) is 0 Å². The molecule has 4 aliphatic rings. The minimum atomic E-state index is -1.88. The molecule has 0 saturated carbocycles. The van der Waals surface area contributed by atoms with Crippen LogP contribution in [0, 0.1) is 0 Å². The van der Waals surface area contributed by atoms with Gasteiger partial charge in [0.1, 0.15) is 0 Å². The summed E-state index contributed by atoms with van der Waals surface area (Å²) in [6.45, 7) is 4.78. The van der Waals surface area contributed by atoms with Crippen LogP contribution in [-0.4, -0.2) is 68.6 Å². The van der Waals surface area contributed by atoms with Crippen molar-refractivity contribution in [3.8, 4) is 0 Å². The van der Waals surface area contributed by atoms with Gasteiger partial charge < -0.3 is 0 Å². The summed E-state index contributed by atoms with van der Waals surface area (Å²) in [5.41, 5.74) is 0. The summed E-state index contributed by atoms with van der Waals surface area (Å²) in [5, 5.41) is 2.29. The number of nitrogens with zero attached hydrogens (tertiary/aromatic N) is 2. The summed E-state index contributed by atoms with van der Waals surface area (Å²) in [6, 6.07) is 0. The van der Waals surface area contributed by atoms with Crippen LogP contribution in [-0.2, 0) is 9.47 Å². The van der Waals surface area contributed by atoms with Crippen molar-refractivity contribution < 1.29 is 18.6 Å². The van der Waals surface area contributed by atoms with E-state index < -0.39 is 9.23 Å². The SMILES string of the molecule is Br[Se](Br)(CC1CCC(=[N+]2CCCCC2)O1)CC1CCC(=[N+]2CCCCC2)O1. The predicted molar refractivity (Wildman–Crippen MR) is 119 cm³/mol. The predicted octanol–water partition coefficient (Wildman–Crippen LogP) is 4.77. The summed E-state index contributed by atoms with van der Waals surface area (Å²) in [7, 11) is -1.88. The van der Waals surface area contributed by atoms with Crippen molar-refractivity contribution in [3.05, 3.63) is 0 Å². The van der Waals surface area contributed by atoms with Gasteiger partial charge in [-0.25, -0.2) is 0 Å². The third kappa shape index (κ3) is 5.73. The second-order valence-electron chi connectivity index (χ2n) is 8.47. The van der Waals surface area contributed by atoms with Gasteiger partial charge in [-0.05, 0) is 0 Å². The average Bonchev–Trinajstić information content (AvgIpc) is 3.32. The Morgan fingerprint density at radius 3 is 1.52 bits per heavy atom. The van der Waals surface area contributed by atoms with E-state index in [4.69, 9.17) is 9.47 Å². The zero-order valence-corrected chi connectivity index (χ0v) is 21.2. The quantitative estimate of drug-likeness (QED) is 0.358. The van der Waals surface area contributed by atoms with E-state index in [-0.39, 0.29) is 0 Å². The molecular weight excluding hydrogens is 539 g/mol. The number of hydrogen-bond acceptors (Lipinski definition) is 2. The molecule has 0 aliphatic carbocycles. The molecule has 0 aromatic carbocycles. The number of piperidine rings is 2. The van der Waals surface area contributed by atoms with Crippen LogP contribution in [0.1, 0.15) is 64.2 Å². The molecule has 4 nitrogen and oxygen atoms in total. The topological polar surface area (TPSA) is 24.5 Å². The van der Waals surface area contributed by atoms with Gasteiger partial charge in [0.15, 0.2) is 0 Å². The van der Waals surface area contributed by atoms with Crippen molar-refractivity contribution in [1.29, 1.82) is 0 Å². The van der Waals surface area contributed by atoms with E-state index in [2.05, 4.69) is 37.4 Å². The fourth-order valence-electron chi connectivity index (χ4n) is 4.79. The van der Waals surface area contributed by atoms with Crippen LogP contribution < -0.4 is 0 Å². The van der Waals surface area contributed by atoms with E-state index in [9.17, 15) is 0 Å². The Morgan fingerprint density at radius 2 is 1.11 bits per heavy atom. The van der Waals surface area contributed by atoms with Gasteiger partial charge >= 0.3 is 181 Å². The molecule has 0 aromatic rings. The van der Waals surface area contributed by atoms with Crippen molar-refractivity contribution in [3.63, 3.8) is 0 Å². The Balaban J connectivity index is 1.28. The van der Waals surface area contributed by atoms with Gasteiger partial charge in [0, 0.05) is 0 Å². The van der Waals surface area contributed by atoms with Crippen LogP contribution in [0.25, 0.3) is 0 Å². The molecular formula is C20H34Br2N2O2Se+2. The van der Waals surface area contributed by atoms with Gasteiger partial charge in [-0.1, -0.05) is 0 Å². The van der Waals surface area contributed by atoms with Crippen molar-refractivity contribution in [1.82, 2.24) is 0 Å². The molecule has 4 aliphatic heterocycles. The van der Waals surface area contributed by atoms with Gasteiger partial charge in [0.2, 0.25) is 0 Å². The molecule has 0 bridgehead atoms. The van der Waals surface area contributed by atoms with E-state index in [0.717, 1.165) is 23.5 Å². The first-order valence-electron chi connectivity index (χ1n) is 10.8. The van der Waals surface area contributed by atoms with Gasteiger partial charge in [-0.3, -0.25) is 0 Å². The molecule has 0 aromatic heterocycles. The molecule has 4 fully saturated rings. The van der Waals surface area contributed by atoms with Gasteiger partial charge in [-0.15, -0.1) is 0 Å². The number of halogens is 2. The van der Waals surface area contributed by atoms with Crippen LogP contribution in [0.15, 0.2) is 0 Å². The molecule has 0 amide bonds. The fraction of sp³-hybridized carbons (Fsp3) is 0.900. The van der Waals surface area contributed by atoms with Crippen molar-refractivity contribution in [2.75, 3.05) is 26.2 Å². The second-order valence-corrected chi connectivity index (χ2v) is 30.2. The van der Waals surface area contributed by atoms with Crippen molar-refractivity contribution in [2.45, 2.75) is 87.1 Å². The summed E-state index contributed by atoms with van der Waals surface area (Å²) < 4.78 is 17.8. The van der Waals surface area contributed by atoms with Crippen molar-refractivity contribution in [2.24, 2.45) is 0 Å². The van der Waals surface area contributed by atoms with Gasteiger partial charge in [0.05, 0.1) is 0 Å². The Labute approximate surface area is 180 Å². The number of hydrogen-bond donors (Lipinski definition) is 0. The first-order chi connectivity index (χ1) is 13.1. The zero-order valence-electron chi connectivity index (χ0n) is 16.3. The van der Waals surface area contributed by atoms with E-state index >= 15 is 0 Å². The maximum atomic E-state index is 6.38. The summed E-state index contributed by atoms with van der Waals surface area (Å²) in [4.78, 5) is 0. The number of ether oxygens (including phenoxy) is 2. The standard InChI is InChI=1S/C20H34Br2N2O2Se/c21-27(22,15-17-7-9-19(25-17)23-11-3-1-4-12-23)16-18-8-10-20(26-18)24-13-5-2-6-14-24/h17-18H,1-16H2/q+2. The monoisotopic (exact) mass is 572 g/mol. The third-order valence-corrected chi connectivity index (χ3v) is 15.3. The molecule has 0 N–H and O–H groups in total. The molecule has 4 rings (SSSR count). The van der Waals surface area contributed by atoms with E-state index in [1.54, 1.807) is 0 Å². The first-order valence-corrected chi connectivity index (χ1v) is 21.3. The molecule has 2 atom stereocenters. The van der Waals surface area contributed by atoms with Crippen LogP contribution in [0.4, 0.5) is 0 Å². The molecule has 4 saturated heterocycles. The van der Waals surface area contributed by atoms with E-state index in [1.165, 1.54) is 89.3 Å². The Kier molecular flexibility index (Phi) is 7.27. The van der Waals surface area contributed by atoms with E-state index in [0.29, 0.717) is 12.2 Å². The van der Waals surface area contributed by atoms with Crippen molar-refractivity contribution >= 4 is 49.2 Å². The molecule has 27 heavy (non-hydrogen) atoms. The summed E-state index contributed by atoms with van der Waals surface area (Å²) >= 11 is 8.20. The van der Waals surface area contributed by atoms with Gasteiger partial charge in [0.25, 0.3) is 0 Å². The van der Waals surface area contributed by atoms with Crippen LogP contribution in [0.5, 0.6) is 0 Å². The first kappa shape index (κ1) is 20.7. The Morgan fingerprint density at radius 1 is 0.704 bits per heavy atom. The third-order valence-electron chi connectivity index (χ3n) is 6.24. The Bertz CT molecular complexity index is 543. The minimum absolute atomic E-state index is 0.382. The Hall–Kier alpha value is 0.419. The molecule has 7 heteroatoms. The van der Waals surface area contributed by atoms with Crippen LogP contribution >= 0.6 is 28.2 Å². The average molecular weight is 573 g/mol. The zero-order chi connectivity index (χ0) is 18.7. The fourth-order valence-corrected chi connectivity index (χ4v) is 14.5. The van der Waals surface area contributed by atoms with E-state index in [1.807, 2.05) is 0 Å². The molecule has 0 radical (unpaired) electrons. The summed E-state index contributed by atoms with van der Waals surface area (Å²) in [6.07, 6.45) is 13.4. The molecule has 0 spiro atoms. The maximum absolute atomic E-state index is 6.38. The molecule has 4 heterocycles. The summed E-state index contributed by atoms with van der Waals surface area (Å²) in [5.74, 6) is 2.54. The normalized spacial score (nSPS) is 30.4. The molecule has 154 valence electrons.